The lowest BCUT2D eigenvalue weighted by molar-refractivity contribution is 0.101. The number of methoxy groups -OCH3 is 1. The van der Waals surface area contributed by atoms with Crippen LogP contribution in [0.2, 0.25) is 0 Å². The molecule has 20 heavy (non-hydrogen) atoms. The molecule has 1 aliphatic heterocycles. The minimum Gasteiger partial charge on any atom is -0.493 e. The smallest absolute Gasteiger partial charge is 0.161 e. The summed E-state index contributed by atoms with van der Waals surface area (Å²) in [5, 5.41) is 0. The molecule has 0 aromatic heterocycles. The van der Waals surface area contributed by atoms with Crippen molar-refractivity contribution in [3.8, 4) is 11.5 Å². The topological polar surface area (TPSA) is 47.7 Å². The highest BCUT2D eigenvalue weighted by molar-refractivity contribution is 5.56. The Morgan fingerprint density at radius 1 is 1.40 bits per heavy atom. The van der Waals surface area contributed by atoms with Crippen LogP contribution >= 0.6 is 0 Å². The highest BCUT2D eigenvalue weighted by Gasteiger charge is 2.19. The van der Waals surface area contributed by atoms with E-state index in [0.29, 0.717) is 6.54 Å². The molecule has 1 saturated heterocycles. The van der Waals surface area contributed by atoms with E-state index in [1.54, 1.807) is 7.11 Å². The SMILES string of the molecule is COc1cc(/C=C/CN)ccc1OC1CCCN(C)C1. The highest BCUT2D eigenvalue weighted by Crippen LogP contribution is 2.30. The molecule has 1 atom stereocenters. The van der Waals surface area contributed by atoms with Crippen LogP contribution < -0.4 is 15.2 Å². The molecule has 2 N–H and O–H groups in total. The lowest BCUT2D eigenvalue weighted by Crippen LogP contribution is -2.38. The van der Waals surface area contributed by atoms with Gasteiger partial charge in [0.15, 0.2) is 11.5 Å². The van der Waals surface area contributed by atoms with E-state index in [0.717, 1.165) is 36.6 Å². The van der Waals surface area contributed by atoms with Crippen molar-refractivity contribution in [1.29, 1.82) is 0 Å². The normalized spacial score (nSPS) is 20.2. The maximum absolute atomic E-state index is 6.09. The molecule has 1 heterocycles. The first-order valence-electron chi connectivity index (χ1n) is 7.12. The van der Waals surface area contributed by atoms with Crippen molar-refractivity contribution in [2.45, 2.75) is 18.9 Å². The largest absolute Gasteiger partial charge is 0.493 e. The maximum Gasteiger partial charge on any atom is 0.161 e. The van der Waals surface area contributed by atoms with Gasteiger partial charge in [0.25, 0.3) is 0 Å². The van der Waals surface area contributed by atoms with Gasteiger partial charge in [0, 0.05) is 13.1 Å². The van der Waals surface area contributed by atoms with E-state index in [2.05, 4.69) is 11.9 Å². The van der Waals surface area contributed by atoms with Crippen molar-refractivity contribution >= 4 is 6.08 Å². The van der Waals surface area contributed by atoms with Gasteiger partial charge < -0.3 is 20.1 Å². The first-order valence-corrected chi connectivity index (χ1v) is 7.12. The number of benzene rings is 1. The number of rotatable bonds is 5. The van der Waals surface area contributed by atoms with Crippen LogP contribution in [-0.4, -0.2) is 44.8 Å². The zero-order chi connectivity index (χ0) is 14.4. The third-order valence-corrected chi connectivity index (χ3v) is 3.51. The van der Waals surface area contributed by atoms with E-state index < -0.39 is 0 Å². The summed E-state index contributed by atoms with van der Waals surface area (Å²) in [6, 6.07) is 5.98. The molecule has 1 fully saturated rings. The van der Waals surface area contributed by atoms with Crippen molar-refractivity contribution < 1.29 is 9.47 Å². The van der Waals surface area contributed by atoms with Gasteiger partial charge in [-0.2, -0.15) is 0 Å². The van der Waals surface area contributed by atoms with Gasteiger partial charge in [0.2, 0.25) is 0 Å². The van der Waals surface area contributed by atoms with Crippen LogP contribution in [0.3, 0.4) is 0 Å². The van der Waals surface area contributed by atoms with Crippen molar-refractivity contribution in [3.05, 3.63) is 29.8 Å². The first-order chi connectivity index (χ1) is 9.72. The predicted molar refractivity (Wildman–Crippen MR) is 82.2 cm³/mol. The van der Waals surface area contributed by atoms with E-state index in [4.69, 9.17) is 15.2 Å². The molecule has 1 aromatic carbocycles. The van der Waals surface area contributed by atoms with Gasteiger partial charge in [-0.1, -0.05) is 18.2 Å². The number of piperidine rings is 1. The number of likely N-dealkylation sites (tertiary alicyclic amines) is 1. The van der Waals surface area contributed by atoms with Gasteiger partial charge in [0.05, 0.1) is 7.11 Å². The van der Waals surface area contributed by atoms with E-state index in [1.165, 1.54) is 6.42 Å². The van der Waals surface area contributed by atoms with Gasteiger partial charge in [-0.25, -0.2) is 0 Å². The highest BCUT2D eigenvalue weighted by atomic mass is 16.5. The van der Waals surface area contributed by atoms with Crippen molar-refractivity contribution in [3.63, 3.8) is 0 Å². The molecule has 4 nitrogen and oxygen atoms in total. The average Bonchev–Trinajstić information content (AvgIpc) is 2.46. The summed E-state index contributed by atoms with van der Waals surface area (Å²) in [7, 11) is 3.80. The fraction of sp³-hybridized carbons (Fsp3) is 0.500. The number of nitrogens with zero attached hydrogens (tertiary/aromatic N) is 1. The number of ether oxygens (including phenoxy) is 2. The molecule has 2 rings (SSSR count). The molecule has 0 spiro atoms. The Labute approximate surface area is 121 Å². The number of hydrogen-bond donors (Lipinski definition) is 1. The van der Waals surface area contributed by atoms with Gasteiger partial charge in [-0.05, 0) is 44.1 Å². The van der Waals surface area contributed by atoms with Crippen LogP contribution in [-0.2, 0) is 0 Å². The minimum atomic E-state index is 0.244. The predicted octanol–water partition coefficient (Wildman–Crippen LogP) is 2.14. The fourth-order valence-corrected chi connectivity index (χ4v) is 2.48. The van der Waals surface area contributed by atoms with Crippen molar-refractivity contribution in [2.75, 3.05) is 33.8 Å². The van der Waals surface area contributed by atoms with Crippen LogP contribution in [0.5, 0.6) is 11.5 Å². The van der Waals surface area contributed by atoms with Crippen LogP contribution in [0.4, 0.5) is 0 Å². The minimum absolute atomic E-state index is 0.244. The lowest BCUT2D eigenvalue weighted by atomic mass is 10.1. The van der Waals surface area contributed by atoms with Gasteiger partial charge >= 0.3 is 0 Å². The van der Waals surface area contributed by atoms with Gasteiger partial charge in [-0.3, -0.25) is 0 Å². The Morgan fingerprint density at radius 3 is 2.95 bits per heavy atom. The number of likely N-dealkylation sites (N-methyl/N-ethyl adjacent to an activating group) is 1. The molecule has 1 unspecified atom stereocenters. The van der Waals surface area contributed by atoms with Crippen molar-refractivity contribution in [2.24, 2.45) is 5.73 Å². The molecule has 1 aliphatic rings. The lowest BCUT2D eigenvalue weighted by Gasteiger charge is -2.30. The Kier molecular flexibility index (Phi) is 5.44. The molecule has 110 valence electrons. The van der Waals surface area contributed by atoms with E-state index in [9.17, 15) is 0 Å². The molecule has 0 saturated carbocycles. The van der Waals surface area contributed by atoms with Crippen LogP contribution in [0.25, 0.3) is 6.08 Å². The quantitative estimate of drug-likeness (QED) is 0.895. The molecule has 0 radical (unpaired) electrons. The zero-order valence-electron chi connectivity index (χ0n) is 12.3. The van der Waals surface area contributed by atoms with Gasteiger partial charge in [-0.15, -0.1) is 0 Å². The summed E-state index contributed by atoms with van der Waals surface area (Å²) < 4.78 is 11.5. The zero-order valence-corrected chi connectivity index (χ0v) is 12.3. The monoisotopic (exact) mass is 276 g/mol. The van der Waals surface area contributed by atoms with Gasteiger partial charge in [0.1, 0.15) is 6.10 Å². The second-order valence-corrected chi connectivity index (χ2v) is 5.19. The standard InChI is InChI=1S/C16H24N2O2/c1-18-10-4-6-14(12-18)20-15-8-7-13(5-3-9-17)11-16(15)19-2/h3,5,7-8,11,14H,4,6,9-10,12,17H2,1-2H3/b5-3+. The maximum atomic E-state index is 6.09. The second-order valence-electron chi connectivity index (χ2n) is 5.19. The third kappa shape index (κ3) is 3.99. The summed E-state index contributed by atoms with van der Waals surface area (Å²) in [6.45, 7) is 2.66. The molecule has 4 heteroatoms. The number of hydrogen-bond acceptors (Lipinski definition) is 4. The summed E-state index contributed by atoms with van der Waals surface area (Å²) in [4.78, 5) is 2.30. The number of nitrogens with two attached hydrogens (primary N) is 1. The average molecular weight is 276 g/mol. The molecule has 0 aliphatic carbocycles. The first kappa shape index (κ1) is 14.9. The molecular formula is C16H24N2O2. The molecule has 0 amide bonds. The Bertz CT molecular complexity index is 460. The van der Waals surface area contributed by atoms with E-state index in [1.807, 2.05) is 30.4 Å². The van der Waals surface area contributed by atoms with Crippen LogP contribution in [0.1, 0.15) is 18.4 Å². The molecule has 0 bridgehead atoms. The van der Waals surface area contributed by atoms with Crippen LogP contribution in [0, 0.1) is 0 Å². The Hall–Kier alpha value is -1.52. The van der Waals surface area contributed by atoms with E-state index >= 15 is 0 Å². The Morgan fingerprint density at radius 2 is 2.25 bits per heavy atom. The molecule has 1 aromatic rings. The summed E-state index contributed by atoms with van der Waals surface area (Å²) >= 11 is 0. The molecular weight excluding hydrogens is 252 g/mol. The Balaban J connectivity index is 2.08. The van der Waals surface area contributed by atoms with Crippen molar-refractivity contribution in [1.82, 2.24) is 4.90 Å². The second kappa shape index (κ2) is 7.31. The summed E-state index contributed by atoms with van der Waals surface area (Å²) in [6.07, 6.45) is 6.43. The third-order valence-electron chi connectivity index (χ3n) is 3.51. The fourth-order valence-electron chi connectivity index (χ4n) is 2.48. The van der Waals surface area contributed by atoms with E-state index in [-0.39, 0.29) is 6.10 Å². The van der Waals surface area contributed by atoms with Crippen LogP contribution in [0.15, 0.2) is 24.3 Å². The summed E-state index contributed by atoms with van der Waals surface area (Å²) in [5.41, 5.74) is 6.54. The summed E-state index contributed by atoms with van der Waals surface area (Å²) in [5.74, 6) is 1.59.